The first-order valence-electron chi connectivity index (χ1n) is 12.3. The standard InChI is InChI=1S/C28H33ClFN3O3/c1-3-14-36-24-10-11-26(25(30)15-24)33-13-12-32(17-27(33)20-4-7-22(29)8-5-20)19-28(2,35)21-6-9-23(18-34)31-16-21/h4-11,15-16,27,34-35H,3,12-14,17-19H2,1-2H3/t27-,28+/m0/s1. The Morgan fingerprint density at radius 1 is 1.14 bits per heavy atom. The van der Waals surface area contributed by atoms with Crippen LogP contribution in [-0.2, 0) is 12.2 Å². The van der Waals surface area contributed by atoms with Gasteiger partial charge in [-0.2, -0.15) is 0 Å². The van der Waals surface area contributed by atoms with E-state index in [1.165, 1.54) is 6.07 Å². The molecule has 0 saturated carbocycles. The molecule has 0 radical (unpaired) electrons. The molecular formula is C28H33ClFN3O3. The van der Waals surface area contributed by atoms with Crippen LogP contribution in [0.3, 0.4) is 0 Å². The van der Waals surface area contributed by atoms with Crippen molar-refractivity contribution in [3.05, 3.63) is 88.5 Å². The number of ether oxygens (including phenoxy) is 1. The van der Waals surface area contributed by atoms with Crippen LogP contribution in [0.4, 0.5) is 10.1 Å². The van der Waals surface area contributed by atoms with Gasteiger partial charge in [-0.3, -0.25) is 9.88 Å². The Kier molecular flexibility index (Phi) is 8.46. The van der Waals surface area contributed by atoms with Gasteiger partial charge < -0.3 is 19.8 Å². The van der Waals surface area contributed by atoms with Crippen molar-refractivity contribution >= 4 is 17.3 Å². The number of pyridine rings is 1. The van der Waals surface area contributed by atoms with Gasteiger partial charge in [0.05, 0.1) is 30.6 Å². The number of rotatable bonds is 9. The maximum atomic E-state index is 15.2. The van der Waals surface area contributed by atoms with Crippen LogP contribution in [0.25, 0.3) is 0 Å². The number of nitrogens with zero attached hydrogens (tertiary/aromatic N) is 3. The highest BCUT2D eigenvalue weighted by molar-refractivity contribution is 6.30. The van der Waals surface area contributed by atoms with Crippen LogP contribution in [0, 0.1) is 5.82 Å². The Morgan fingerprint density at radius 3 is 2.56 bits per heavy atom. The molecule has 0 spiro atoms. The van der Waals surface area contributed by atoms with E-state index in [0.29, 0.717) is 60.5 Å². The van der Waals surface area contributed by atoms with Gasteiger partial charge in [-0.25, -0.2) is 4.39 Å². The number of aromatic nitrogens is 1. The zero-order valence-electron chi connectivity index (χ0n) is 20.7. The summed E-state index contributed by atoms with van der Waals surface area (Å²) < 4.78 is 20.8. The van der Waals surface area contributed by atoms with Gasteiger partial charge in [0.1, 0.15) is 17.2 Å². The Labute approximate surface area is 216 Å². The number of halogens is 2. The predicted molar refractivity (Wildman–Crippen MR) is 140 cm³/mol. The van der Waals surface area contributed by atoms with Gasteiger partial charge in [0.15, 0.2) is 0 Å². The van der Waals surface area contributed by atoms with Gasteiger partial charge in [0.2, 0.25) is 0 Å². The molecule has 6 nitrogen and oxygen atoms in total. The summed E-state index contributed by atoms with van der Waals surface area (Å²) in [5.74, 6) is 0.203. The lowest BCUT2D eigenvalue weighted by Crippen LogP contribution is -2.52. The van der Waals surface area contributed by atoms with E-state index in [-0.39, 0.29) is 18.5 Å². The number of β-amino-alcohol motifs (C(OH)–C–C–N with tert-alkyl or cyclic N) is 1. The number of anilines is 1. The van der Waals surface area contributed by atoms with Crippen LogP contribution in [0.2, 0.25) is 5.02 Å². The van der Waals surface area contributed by atoms with E-state index >= 15 is 4.39 Å². The third-order valence-electron chi connectivity index (χ3n) is 6.56. The second kappa shape index (κ2) is 11.6. The van der Waals surface area contributed by atoms with Gasteiger partial charge in [0, 0.05) is 49.0 Å². The zero-order chi connectivity index (χ0) is 25.7. The topological polar surface area (TPSA) is 69.1 Å². The third kappa shape index (κ3) is 6.16. The van der Waals surface area contributed by atoms with E-state index < -0.39 is 5.60 Å². The second-order valence-corrected chi connectivity index (χ2v) is 9.86. The average Bonchev–Trinajstić information content (AvgIpc) is 2.88. The smallest absolute Gasteiger partial charge is 0.150 e. The minimum Gasteiger partial charge on any atom is -0.493 e. The summed E-state index contributed by atoms with van der Waals surface area (Å²) in [5, 5.41) is 21.2. The molecule has 0 aliphatic carbocycles. The highest BCUT2D eigenvalue weighted by Crippen LogP contribution is 2.35. The molecule has 0 bridgehead atoms. The first-order chi connectivity index (χ1) is 17.3. The molecule has 2 atom stereocenters. The van der Waals surface area contributed by atoms with Crippen molar-refractivity contribution in [2.75, 3.05) is 37.7 Å². The zero-order valence-corrected chi connectivity index (χ0v) is 21.5. The molecule has 2 N–H and O–H groups in total. The van der Waals surface area contributed by atoms with Crippen molar-refractivity contribution in [3.8, 4) is 5.75 Å². The highest BCUT2D eigenvalue weighted by atomic mass is 35.5. The average molecular weight is 514 g/mol. The van der Waals surface area contributed by atoms with Crippen molar-refractivity contribution in [2.45, 2.75) is 38.5 Å². The molecule has 8 heteroatoms. The van der Waals surface area contributed by atoms with Crippen molar-refractivity contribution in [2.24, 2.45) is 0 Å². The molecule has 192 valence electrons. The summed E-state index contributed by atoms with van der Waals surface area (Å²) in [5.41, 5.74) is 1.63. The molecule has 2 heterocycles. The van der Waals surface area contributed by atoms with Gasteiger partial charge in [-0.15, -0.1) is 0 Å². The van der Waals surface area contributed by atoms with Gasteiger partial charge >= 0.3 is 0 Å². The lowest BCUT2D eigenvalue weighted by atomic mass is 9.94. The number of aliphatic hydroxyl groups is 2. The maximum Gasteiger partial charge on any atom is 0.150 e. The lowest BCUT2D eigenvalue weighted by Gasteiger charge is -2.45. The molecule has 1 saturated heterocycles. The summed E-state index contributed by atoms with van der Waals surface area (Å²) in [6.45, 7) is 6.39. The largest absolute Gasteiger partial charge is 0.493 e. The number of benzene rings is 2. The van der Waals surface area contributed by atoms with Crippen molar-refractivity contribution in [3.63, 3.8) is 0 Å². The van der Waals surface area contributed by atoms with Crippen LogP contribution < -0.4 is 9.64 Å². The van der Waals surface area contributed by atoms with E-state index in [0.717, 1.165) is 12.0 Å². The minimum absolute atomic E-state index is 0.140. The molecule has 36 heavy (non-hydrogen) atoms. The summed E-state index contributed by atoms with van der Waals surface area (Å²) >= 11 is 6.14. The lowest BCUT2D eigenvalue weighted by molar-refractivity contribution is 0.00991. The van der Waals surface area contributed by atoms with Crippen LogP contribution in [-0.4, -0.2) is 52.9 Å². The van der Waals surface area contributed by atoms with Crippen LogP contribution in [0.15, 0.2) is 60.8 Å². The molecule has 1 fully saturated rings. The predicted octanol–water partition coefficient (Wildman–Crippen LogP) is 4.93. The van der Waals surface area contributed by atoms with Gasteiger partial charge in [-0.1, -0.05) is 36.7 Å². The number of hydrogen-bond donors (Lipinski definition) is 2. The van der Waals surface area contributed by atoms with Crippen LogP contribution in [0.5, 0.6) is 5.75 Å². The van der Waals surface area contributed by atoms with Crippen molar-refractivity contribution < 1.29 is 19.3 Å². The number of hydrogen-bond acceptors (Lipinski definition) is 6. The van der Waals surface area contributed by atoms with E-state index in [2.05, 4.69) is 14.8 Å². The SMILES string of the molecule is CCCOc1ccc(N2CCN(C[C@@](C)(O)c3ccc(CO)nc3)C[C@H]2c2ccc(Cl)cc2)c(F)c1. The molecule has 1 aromatic heterocycles. The second-order valence-electron chi connectivity index (χ2n) is 9.43. The van der Waals surface area contributed by atoms with E-state index in [4.69, 9.17) is 16.3 Å². The Hall–Kier alpha value is -2.71. The van der Waals surface area contributed by atoms with Crippen LogP contribution >= 0.6 is 11.6 Å². The highest BCUT2D eigenvalue weighted by Gasteiger charge is 2.34. The minimum atomic E-state index is -1.14. The van der Waals surface area contributed by atoms with Crippen molar-refractivity contribution in [1.29, 1.82) is 0 Å². The molecule has 4 rings (SSSR count). The van der Waals surface area contributed by atoms with E-state index in [1.54, 1.807) is 31.3 Å². The monoisotopic (exact) mass is 513 g/mol. The number of aliphatic hydroxyl groups excluding tert-OH is 1. The normalized spacial score (nSPS) is 18.2. The van der Waals surface area contributed by atoms with Crippen molar-refractivity contribution in [1.82, 2.24) is 9.88 Å². The van der Waals surface area contributed by atoms with Gasteiger partial charge in [-0.05, 0) is 49.2 Å². The molecule has 0 amide bonds. The van der Waals surface area contributed by atoms with Gasteiger partial charge in [0.25, 0.3) is 0 Å². The fourth-order valence-electron chi connectivity index (χ4n) is 4.64. The molecule has 1 aliphatic heterocycles. The summed E-state index contributed by atoms with van der Waals surface area (Å²) in [6.07, 6.45) is 2.46. The Balaban J connectivity index is 1.57. The first kappa shape index (κ1) is 26.4. The third-order valence-corrected chi connectivity index (χ3v) is 6.81. The summed E-state index contributed by atoms with van der Waals surface area (Å²) in [7, 11) is 0. The van der Waals surface area contributed by atoms with E-state index in [1.807, 2.05) is 37.3 Å². The molecule has 0 unspecified atom stereocenters. The molecule has 1 aliphatic rings. The first-order valence-corrected chi connectivity index (χ1v) is 12.6. The fourth-order valence-corrected chi connectivity index (χ4v) is 4.76. The molecule has 3 aromatic rings. The summed E-state index contributed by atoms with van der Waals surface area (Å²) in [4.78, 5) is 8.47. The fraction of sp³-hybridized carbons (Fsp3) is 0.393. The maximum absolute atomic E-state index is 15.2. The Morgan fingerprint density at radius 2 is 1.92 bits per heavy atom. The molecule has 2 aromatic carbocycles. The van der Waals surface area contributed by atoms with E-state index in [9.17, 15) is 10.2 Å². The Bertz CT molecular complexity index is 1140. The summed E-state index contributed by atoms with van der Waals surface area (Å²) in [6, 6.07) is 16.0. The number of piperazine rings is 1. The quantitative estimate of drug-likeness (QED) is 0.423. The van der Waals surface area contributed by atoms with Crippen LogP contribution in [0.1, 0.15) is 43.1 Å². The molecular weight excluding hydrogens is 481 g/mol.